The summed E-state index contributed by atoms with van der Waals surface area (Å²) in [5.41, 5.74) is -3.32. The van der Waals surface area contributed by atoms with Crippen molar-refractivity contribution in [1.29, 1.82) is 0 Å². The molecule has 0 aliphatic heterocycles. The molecule has 0 fully saturated rings. The van der Waals surface area contributed by atoms with Crippen molar-refractivity contribution in [3.05, 3.63) is 35.4 Å². The zero-order chi connectivity index (χ0) is 11.0. The highest BCUT2D eigenvalue weighted by Gasteiger charge is 2.42. The van der Waals surface area contributed by atoms with Crippen LogP contribution >= 0.6 is 17.0 Å². The van der Waals surface area contributed by atoms with E-state index in [1.807, 2.05) is 0 Å². The maximum Gasteiger partial charge on any atom is 0.417 e. The predicted molar refractivity (Wildman–Crippen MR) is 51.8 cm³/mol. The Labute approximate surface area is 97.8 Å². The number of halogens is 7. The molecule has 0 unspecified atom stereocenters. The molecule has 8 heteroatoms. The zero-order valence-electron chi connectivity index (χ0n) is 7.69. The lowest BCUT2D eigenvalue weighted by atomic mass is 10.1. The largest absolute Gasteiger partial charge is 0.417 e. The van der Waals surface area contributed by atoms with Crippen LogP contribution in [0.4, 0.5) is 26.3 Å². The van der Waals surface area contributed by atoms with Gasteiger partial charge in [0.05, 0.1) is 11.1 Å². The lowest BCUT2D eigenvalue weighted by Gasteiger charge is -2.14. The molecule has 0 spiro atoms. The summed E-state index contributed by atoms with van der Waals surface area (Å²) < 4.78 is 72.5. The van der Waals surface area contributed by atoms with Crippen LogP contribution in [0.15, 0.2) is 24.3 Å². The van der Waals surface area contributed by atoms with Crippen LogP contribution in [-0.2, 0) is 12.4 Å². The molecule has 1 aromatic carbocycles. The molecule has 1 nitrogen and oxygen atoms in total. The van der Waals surface area contributed by atoms with Crippen LogP contribution < -0.4 is 6.15 Å². The van der Waals surface area contributed by atoms with Crippen molar-refractivity contribution in [3.8, 4) is 0 Å². The summed E-state index contributed by atoms with van der Waals surface area (Å²) in [6, 6.07) is 2.64. The minimum Gasteiger partial charge on any atom is -0.344 e. The number of hydrogen-bond donors (Lipinski definition) is 1. The van der Waals surface area contributed by atoms with Gasteiger partial charge >= 0.3 is 12.4 Å². The van der Waals surface area contributed by atoms with Crippen LogP contribution in [0.1, 0.15) is 11.1 Å². The summed E-state index contributed by atoms with van der Waals surface area (Å²) in [6.07, 6.45) is -9.96. The molecule has 0 radical (unpaired) electrons. The fourth-order valence-corrected chi connectivity index (χ4v) is 0.978. The highest BCUT2D eigenvalue weighted by atomic mass is 79.9. The third-order valence-corrected chi connectivity index (χ3v) is 1.54. The molecule has 0 aliphatic rings. The van der Waals surface area contributed by atoms with Crippen molar-refractivity contribution < 1.29 is 26.3 Å². The van der Waals surface area contributed by atoms with E-state index in [-0.39, 0.29) is 23.1 Å². The highest BCUT2D eigenvalue weighted by Crippen LogP contribution is 2.39. The van der Waals surface area contributed by atoms with Crippen LogP contribution in [0.3, 0.4) is 0 Å². The number of rotatable bonds is 0. The Hall–Kier alpha value is -0.760. The molecule has 0 atom stereocenters. The van der Waals surface area contributed by atoms with Crippen molar-refractivity contribution in [3.63, 3.8) is 0 Å². The van der Waals surface area contributed by atoms with E-state index in [0.29, 0.717) is 12.1 Å². The standard InChI is InChI=1S/C8H4F6.BrH.H3N/c9-7(10,11)5-3-1-2-4-6(5)8(12,13)14;;/h1-4H;1H;1H3. The van der Waals surface area contributed by atoms with E-state index in [1.165, 1.54) is 0 Å². The van der Waals surface area contributed by atoms with Crippen molar-refractivity contribution in [2.75, 3.05) is 0 Å². The second-order valence-electron chi connectivity index (χ2n) is 2.54. The Balaban J connectivity index is 0. The van der Waals surface area contributed by atoms with Crippen molar-refractivity contribution in [1.82, 2.24) is 6.15 Å². The monoisotopic (exact) mass is 311 g/mol. The van der Waals surface area contributed by atoms with Crippen LogP contribution in [-0.4, -0.2) is 0 Å². The summed E-state index contributed by atoms with van der Waals surface area (Å²) in [4.78, 5) is 0. The van der Waals surface area contributed by atoms with Crippen molar-refractivity contribution in [2.45, 2.75) is 12.4 Å². The molecule has 0 saturated heterocycles. The average Bonchev–Trinajstić information content (AvgIpc) is 2.01. The van der Waals surface area contributed by atoms with E-state index in [2.05, 4.69) is 0 Å². The van der Waals surface area contributed by atoms with Crippen LogP contribution in [0.5, 0.6) is 0 Å². The van der Waals surface area contributed by atoms with Gasteiger partial charge in [0, 0.05) is 0 Å². The summed E-state index contributed by atoms with van der Waals surface area (Å²) in [5.74, 6) is 0. The van der Waals surface area contributed by atoms with Crippen LogP contribution in [0, 0.1) is 0 Å². The summed E-state index contributed by atoms with van der Waals surface area (Å²) >= 11 is 0. The third kappa shape index (κ3) is 4.01. The first-order chi connectivity index (χ1) is 6.23. The maximum absolute atomic E-state index is 12.1. The Morgan fingerprint density at radius 2 is 0.938 bits per heavy atom. The predicted octanol–water partition coefficient (Wildman–Crippen LogP) is 4.46. The van der Waals surface area contributed by atoms with E-state index in [1.54, 1.807) is 0 Å². The minimum absolute atomic E-state index is 0. The molecule has 1 rings (SSSR count). The molecule has 0 aliphatic carbocycles. The van der Waals surface area contributed by atoms with Gasteiger partial charge in [-0.15, -0.1) is 17.0 Å². The Bertz CT molecular complexity index is 299. The van der Waals surface area contributed by atoms with Gasteiger partial charge in [-0.2, -0.15) is 26.3 Å². The molecule has 0 heterocycles. The number of alkyl halides is 6. The molecular formula is C8H8BrF6N. The Morgan fingerprint density at radius 1 is 0.688 bits per heavy atom. The third-order valence-electron chi connectivity index (χ3n) is 1.54. The molecule has 3 N–H and O–H groups in total. The van der Waals surface area contributed by atoms with Crippen molar-refractivity contribution >= 4 is 17.0 Å². The Morgan fingerprint density at radius 3 is 1.12 bits per heavy atom. The first-order valence-corrected chi connectivity index (χ1v) is 3.46. The van der Waals surface area contributed by atoms with E-state index in [0.717, 1.165) is 12.1 Å². The second-order valence-corrected chi connectivity index (χ2v) is 2.54. The van der Waals surface area contributed by atoms with Gasteiger partial charge in [0.15, 0.2) is 0 Å². The maximum atomic E-state index is 12.1. The second kappa shape index (κ2) is 5.53. The summed E-state index contributed by atoms with van der Waals surface area (Å²) in [7, 11) is 0. The zero-order valence-corrected chi connectivity index (χ0v) is 9.41. The molecule has 0 aromatic heterocycles. The van der Waals surface area contributed by atoms with E-state index >= 15 is 0 Å². The highest BCUT2D eigenvalue weighted by molar-refractivity contribution is 8.93. The number of hydrogen-bond acceptors (Lipinski definition) is 1. The fourth-order valence-electron chi connectivity index (χ4n) is 0.978. The fraction of sp³-hybridized carbons (Fsp3) is 0.250. The van der Waals surface area contributed by atoms with Gasteiger partial charge in [0.1, 0.15) is 0 Å². The van der Waals surface area contributed by atoms with Crippen LogP contribution in [0.25, 0.3) is 0 Å². The van der Waals surface area contributed by atoms with Gasteiger partial charge in [-0.1, -0.05) is 12.1 Å². The van der Waals surface area contributed by atoms with E-state index < -0.39 is 23.5 Å². The SMILES string of the molecule is Br.FC(F)(F)c1ccccc1C(F)(F)F.N. The van der Waals surface area contributed by atoms with Gasteiger partial charge < -0.3 is 6.15 Å². The molecule has 1 aromatic rings. The van der Waals surface area contributed by atoms with Gasteiger partial charge in [-0.25, -0.2) is 0 Å². The summed E-state index contributed by atoms with van der Waals surface area (Å²) in [5, 5.41) is 0. The van der Waals surface area contributed by atoms with Gasteiger partial charge in [0.25, 0.3) is 0 Å². The topological polar surface area (TPSA) is 35.0 Å². The lowest BCUT2D eigenvalue weighted by Crippen LogP contribution is -2.15. The minimum atomic E-state index is -4.98. The molecular weight excluding hydrogens is 304 g/mol. The molecule has 16 heavy (non-hydrogen) atoms. The van der Waals surface area contributed by atoms with Crippen LogP contribution in [0.2, 0.25) is 0 Å². The molecule has 0 bridgehead atoms. The number of benzene rings is 1. The average molecular weight is 312 g/mol. The molecule has 94 valence electrons. The summed E-state index contributed by atoms with van der Waals surface area (Å²) in [6.45, 7) is 0. The smallest absolute Gasteiger partial charge is 0.344 e. The van der Waals surface area contributed by atoms with Gasteiger partial charge in [-0.05, 0) is 12.1 Å². The normalized spacial score (nSPS) is 11.4. The molecule has 0 amide bonds. The van der Waals surface area contributed by atoms with E-state index in [9.17, 15) is 26.3 Å². The van der Waals surface area contributed by atoms with Gasteiger partial charge in [-0.3, -0.25) is 0 Å². The Kier molecular flexibility index (Phi) is 6.10. The first-order valence-electron chi connectivity index (χ1n) is 3.46. The first kappa shape index (κ1) is 17.6. The van der Waals surface area contributed by atoms with Gasteiger partial charge in [0.2, 0.25) is 0 Å². The molecule has 0 saturated carbocycles. The van der Waals surface area contributed by atoms with Crippen molar-refractivity contribution in [2.24, 2.45) is 0 Å². The lowest BCUT2D eigenvalue weighted by molar-refractivity contribution is -0.162. The van der Waals surface area contributed by atoms with E-state index in [4.69, 9.17) is 0 Å². The quantitative estimate of drug-likeness (QED) is 0.705.